The number of hydrogen-bond donors (Lipinski definition) is 1. The molecule has 152 valence electrons. The Morgan fingerprint density at radius 1 is 1.17 bits per heavy atom. The van der Waals surface area contributed by atoms with Crippen LogP contribution < -0.4 is 4.72 Å². The SMILES string of the molecule is CC(C)[C@H](N=C1NS(=O)(=O)c2ccccc21)C(=O)OCc1ccc([N+](=O)[O-])cc1. The fraction of sp³-hybridized carbons (Fsp3) is 0.263. The number of sulfonamides is 1. The second-order valence-corrected chi connectivity index (χ2v) is 8.45. The van der Waals surface area contributed by atoms with Crippen LogP contribution in [0.5, 0.6) is 0 Å². The van der Waals surface area contributed by atoms with Crippen molar-refractivity contribution in [3.63, 3.8) is 0 Å². The van der Waals surface area contributed by atoms with Gasteiger partial charge in [0.25, 0.3) is 15.7 Å². The summed E-state index contributed by atoms with van der Waals surface area (Å²) in [5.41, 5.74) is 0.936. The molecule has 1 aliphatic rings. The van der Waals surface area contributed by atoms with Gasteiger partial charge in [-0.25, -0.2) is 13.2 Å². The molecule has 1 aliphatic heterocycles. The molecule has 0 amide bonds. The highest BCUT2D eigenvalue weighted by atomic mass is 32.2. The number of hydrogen-bond acceptors (Lipinski definition) is 7. The lowest BCUT2D eigenvalue weighted by molar-refractivity contribution is -0.384. The molecule has 3 rings (SSSR count). The lowest BCUT2D eigenvalue weighted by atomic mass is 10.0. The minimum Gasteiger partial charge on any atom is -0.459 e. The summed E-state index contributed by atoms with van der Waals surface area (Å²) in [6.45, 7) is 3.47. The van der Waals surface area contributed by atoms with E-state index in [0.29, 0.717) is 11.1 Å². The second kappa shape index (κ2) is 8.00. The molecule has 10 heteroatoms. The van der Waals surface area contributed by atoms with Gasteiger partial charge in [-0.2, -0.15) is 0 Å². The van der Waals surface area contributed by atoms with Crippen molar-refractivity contribution in [3.05, 3.63) is 69.8 Å². The van der Waals surface area contributed by atoms with Gasteiger partial charge in [-0.15, -0.1) is 0 Å². The summed E-state index contributed by atoms with van der Waals surface area (Å²) in [5.74, 6) is -0.759. The molecule has 0 fully saturated rings. The molecule has 1 heterocycles. The summed E-state index contributed by atoms with van der Waals surface area (Å²) in [7, 11) is -3.71. The van der Waals surface area contributed by atoms with Gasteiger partial charge in [0.1, 0.15) is 12.4 Å². The Bertz CT molecular complexity index is 1080. The Hall–Kier alpha value is -3.27. The van der Waals surface area contributed by atoms with Gasteiger partial charge in [-0.1, -0.05) is 26.0 Å². The van der Waals surface area contributed by atoms with Crippen molar-refractivity contribution >= 4 is 27.5 Å². The normalized spacial score (nSPS) is 16.9. The van der Waals surface area contributed by atoms with Crippen molar-refractivity contribution in [2.24, 2.45) is 10.9 Å². The monoisotopic (exact) mass is 417 g/mol. The molecule has 0 spiro atoms. The summed E-state index contributed by atoms with van der Waals surface area (Å²) in [5, 5.41) is 10.7. The quantitative estimate of drug-likeness (QED) is 0.437. The lowest BCUT2D eigenvalue weighted by Crippen LogP contribution is -2.31. The van der Waals surface area contributed by atoms with Crippen LogP contribution in [0.2, 0.25) is 0 Å². The summed E-state index contributed by atoms with van der Waals surface area (Å²) < 4.78 is 32.1. The molecular weight excluding hydrogens is 398 g/mol. The highest BCUT2D eigenvalue weighted by molar-refractivity contribution is 7.90. The third-order valence-electron chi connectivity index (χ3n) is 4.33. The predicted molar refractivity (Wildman–Crippen MR) is 105 cm³/mol. The van der Waals surface area contributed by atoms with Crippen LogP contribution in [0.15, 0.2) is 58.4 Å². The third-order valence-corrected chi connectivity index (χ3v) is 5.73. The van der Waals surface area contributed by atoms with E-state index in [1.54, 1.807) is 32.0 Å². The molecule has 0 saturated carbocycles. The summed E-state index contributed by atoms with van der Waals surface area (Å²) in [6, 6.07) is 11.1. The van der Waals surface area contributed by atoms with Gasteiger partial charge >= 0.3 is 5.97 Å². The number of nitrogens with zero attached hydrogens (tertiary/aromatic N) is 2. The van der Waals surface area contributed by atoms with Gasteiger partial charge < -0.3 is 4.74 Å². The number of aliphatic imine (C=N–C) groups is 1. The van der Waals surface area contributed by atoms with Gasteiger partial charge in [0.2, 0.25) is 0 Å². The topological polar surface area (TPSA) is 128 Å². The number of amidine groups is 1. The van der Waals surface area contributed by atoms with Gasteiger partial charge in [-0.05, 0) is 35.7 Å². The first-order valence-electron chi connectivity index (χ1n) is 8.79. The van der Waals surface area contributed by atoms with Gasteiger partial charge in [0, 0.05) is 17.7 Å². The largest absolute Gasteiger partial charge is 0.459 e. The van der Waals surface area contributed by atoms with E-state index in [0.717, 1.165) is 0 Å². The van der Waals surface area contributed by atoms with Gasteiger partial charge in [0.05, 0.1) is 9.82 Å². The van der Waals surface area contributed by atoms with Crippen molar-refractivity contribution < 1.29 is 22.9 Å². The number of rotatable bonds is 6. The molecule has 0 saturated heterocycles. The van der Waals surface area contributed by atoms with Crippen LogP contribution in [0, 0.1) is 16.0 Å². The van der Waals surface area contributed by atoms with Crippen LogP contribution in [0.1, 0.15) is 25.0 Å². The highest BCUT2D eigenvalue weighted by Gasteiger charge is 2.33. The summed E-state index contributed by atoms with van der Waals surface area (Å²) in [6.07, 6.45) is 0. The van der Waals surface area contributed by atoms with Crippen LogP contribution in [0.4, 0.5) is 5.69 Å². The van der Waals surface area contributed by atoms with E-state index in [2.05, 4.69) is 9.71 Å². The third kappa shape index (κ3) is 4.43. The van der Waals surface area contributed by atoms with Crippen molar-refractivity contribution in [1.82, 2.24) is 4.72 Å². The molecule has 2 aromatic rings. The Balaban J connectivity index is 1.77. The maximum Gasteiger partial charge on any atom is 0.331 e. The Morgan fingerprint density at radius 3 is 2.45 bits per heavy atom. The van der Waals surface area contributed by atoms with E-state index in [1.165, 1.54) is 30.3 Å². The molecule has 2 aromatic carbocycles. The zero-order valence-electron chi connectivity index (χ0n) is 15.7. The molecule has 1 atom stereocenters. The molecule has 0 bridgehead atoms. The molecule has 9 nitrogen and oxygen atoms in total. The van der Waals surface area contributed by atoms with Crippen LogP contribution in [0.3, 0.4) is 0 Å². The van der Waals surface area contributed by atoms with E-state index in [9.17, 15) is 23.3 Å². The van der Waals surface area contributed by atoms with Crippen LogP contribution in [-0.4, -0.2) is 31.2 Å². The minimum atomic E-state index is -3.71. The highest BCUT2D eigenvalue weighted by Crippen LogP contribution is 2.24. The van der Waals surface area contributed by atoms with Crippen LogP contribution in [0.25, 0.3) is 0 Å². The number of nitrogens with one attached hydrogen (secondary N) is 1. The van der Waals surface area contributed by atoms with E-state index < -0.39 is 27.0 Å². The average Bonchev–Trinajstić information content (AvgIpc) is 2.95. The van der Waals surface area contributed by atoms with E-state index in [-0.39, 0.29) is 28.9 Å². The second-order valence-electron chi connectivity index (χ2n) is 6.80. The number of nitro benzene ring substituents is 1. The molecule has 0 aliphatic carbocycles. The first-order chi connectivity index (χ1) is 13.7. The van der Waals surface area contributed by atoms with Gasteiger partial charge in [-0.3, -0.25) is 19.8 Å². The van der Waals surface area contributed by atoms with Crippen LogP contribution >= 0.6 is 0 Å². The van der Waals surface area contributed by atoms with Crippen LogP contribution in [-0.2, 0) is 26.2 Å². The zero-order valence-corrected chi connectivity index (χ0v) is 16.5. The predicted octanol–water partition coefficient (Wildman–Crippen LogP) is 2.40. The zero-order chi connectivity index (χ0) is 21.2. The number of carbonyl (C=O) groups is 1. The molecule has 0 unspecified atom stereocenters. The van der Waals surface area contributed by atoms with Crippen molar-refractivity contribution in [3.8, 4) is 0 Å². The molecule has 1 N–H and O–H groups in total. The molecule has 0 radical (unpaired) electrons. The van der Waals surface area contributed by atoms with E-state index in [1.807, 2.05) is 0 Å². The summed E-state index contributed by atoms with van der Waals surface area (Å²) >= 11 is 0. The summed E-state index contributed by atoms with van der Waals surface area (Å²) in [4.78, 5) is 27.2. The smallest absolute Gasteiger partial charge is 0.331 e. The first kappa shape index (κ1) is 20.5. The van der Waals surface area contributed by atoms with Gasteiger partial charge in [0.15, 0.2) is 6.04 Å². The number of non-ortho nitro benzene ring substituents is 1. The lowest BCUT2D eigenvalue weighted by Gasteiger charge is -2.16. The molecular formula is C19H19N3O6S. The Morgan fingerprint density at radius 2 is 1.83 bits per heavy atom. The Kier molecular flexibility index (Phi) is 5.64. The van der Waals surface area contributed by atoms with Crippen molar-refractivity contribution in [2.45, 2.75) is 31.4 Å². The average molecular weight is 417 g/mol. The van der Waals surface area contributed by atoms with Crippen molar-refractivity contribution in [1.29, 1.82) is 0 Å². The first-order valence-corrected chi connectivity index (χ1v) is 10.3. The Labute approximate surface area is 167 Å². The molecule has 29 heavy (non-hydrogen) atoms. The number of fused-ring (bicyclic) bond motifs is 1. The maximum atomic E-state index is 12.6. The maximum absolute atomic E-state index is 12.6. The number of esters is 1. The molecule has 0 aromatic heterocycles. The fourth-order valence-electron chi connectivity index (χ4n) is 2.80. The standard InChI is InChI=1S/C19H19N3O6S/c1-12(2)17(19(23)28-11-13-7-9-14(10-8-13)22(24)25)20-18-15-5-3-4-6-16(15)29(26,27)21-18/h3-10,12,17H,11H2,1-2H3,(H,20,21)/t17-/m0/s1. The van der Waals surface area contributed by atoms with E-state index >= 15 is 0 Å². The minimum absolute atomic E-state index is 0.0567. The number of nitro groups is 1. The fourth-order valence-corrected chi connectivity index (χ4v) is 4.04. The van der Waals surface area contributed by atoms with Crippen molar-refractivity contribution in [2.75, 3.05) is 0 Å². The van der Waals surface area contributed by atoms with E-state index in [4.69, 9.17) is 4.74 Å². The number of benzene rings is 2. The number of ether oxygens (including phenoxy) is 1. The number of carbonyl (C=O) groups excluding carboxylic acids is 1.